The first kappa shape index (κ1) is 40.0. The Hall–Kier alpha value is -5.46. The van der Waals surface area contributed by atoms with Crippen LogP contribution in [0.15, 0.2) is 60.7 Å². The number of nitrogens with one attached hydrogen (secondary N) is 3. The summed E-state index contributed by atoms with van der Waals surface area (Å²) in [6, 6.07) is 17.1. The highest BCUT2D eigenvalue weighted by Crippen LogP contribution is 2.32. The van der Waals surface area contributed by atoms with Gasteiger partial charge in [0, 0.05) is 39.8 Å². The van der Waals surface area contributed by atoms with Crippen molar-refractivity contribution < 1.29 is 38.1 Å². The molecular formula is C38H51N5O8. The molecule has 3 rings (SSSR count). The lowest BCUT2D eigenvalue weighted by Gasteiger charge is -2.22. The zero-order valence-electron chi connectivity index (χ0n) is 30.9. The Labute approximate surface area is 300 Å². The van der Waals surface area contributed by atoms with Gasteiger partial charge in [0.2, 0.25) is 0 Å². The van der Waals surface area contributed by atoms with Crippen molar-refractivity contribution in [2.45, 2.75) is 52.6 Å². The quantitative estimate of drug-likeness (QED) is 0.148. The summed E-state index contributed by atoms with van der Waals surface area (Å²) >= 11 is 0. The van der Waals surface area contributed by atoms with Gasteiger partial charge in [0.05, 0.1) is 37.3 Å². The van der Waals surface area contributed by atoms with Crippen LogP contribution >= 0.6 is 0 Å². The van der Waals surface area contributed by atoms with Crippen molar-refractivity contribution in [1.29, 1.82) is 0 Å². The van der Waals surface area contributed by atoms with E-state index in [2.05, 4.69) is 16.0 Å². The van der Waals surface area contributed by atoms with Crippen LogP contribution in [0.4, 0.5) is 21.0 Å². The molecule has 0 fully saturated rings. The van der Waals surface area contributed by atoms with Crippen molar-refractivity contribution in [2.75, 3.05) is 64.8 Å². The maximum Gasteiger partial charge on any atom is 0.407 e. The summed E-state index contributed by atoms with van der Waals surface area (Å²) in [5, 5.41) is 8.37. The summed E-state index contributed by atoms with van der Waals surface area (Å²) in [7, 11) is 6.51. The predicted molar refractivity (Wildman–Crippen MR) is 197 cm³/mol. The summed E-state index contributed by atoms with van der Waals surface area (Å²) in [6.07, 6.45) is 1.46. The van der Waals surface area contributed by atoms with Crippen molar-refractivity contribution in [2.24, 2.45) is 0 Å². The number of ether oxygens (including phenoxy) is 4. The number of methoxy groups -OCH3 is 1. The molecule has 0 aromatic heterocycles. The number of amides is 5. The number of hydrogen-bond acceptors (Lipinski definition) is 8. The van der Waals surface area contributed by atoms with E-state index in [0.717, 1.165) is 12.0 Å². The Morgan fingerprint density at radius 1 is 0.765 bits per heavy atom. The van der Waals surface area contributed by atoms with Crippen LogP contribution in [0.3, 0.4) is 0 Å². The largest absolute Gasteiger partial charge is 0.495 e. The third-order valence-electron chi connectivity index (χ3n) is 7.37. The molecule has 0 saturated heterocycles. The molecule has 0 aliphatic carbocycles. The van der Waals surface area contributed by atoms with E-state index in [1.165, 1.54) is 16.9 Å². The SMILES string of the molecule is COc1cc(C(=O)N(C)c2ccc(C)cc2OCCCCNC(=O)N(C)C)ccc1NC(=O)c1ccccc1OCCCNC(=O)OC(C)(C)C. The highest BCUT2D eigenvalue weighted by molar-refractivity contribution is 6.09. The molecule has 276 valence electrons. The molecule has 0 heterocycles. The number of urea groups is 1. The molecule has 3 N–H and O–H groups in total. The minimum Gasteiger partial charge on any atom is -0.495 e. The van der Waals surface area contributed by atoms with Crippen LogP contribution in [0.5, 0.6) is 17.2 Å². The minimum atomic E-state index is -0.585. The van der Waals surface area contributed by atoms with Gasteiger partial charge < -0.3 is 44.7 Å². The van der Waals surface area contributed by atoms with Crippen LogP contribution in [0, 0.1) is 6.92 Å². The smallest absolute Gasteiger partial charge is 0.407 e. The fraction of sp³-hybridized carbons (Fsp3) is 0.421. The van der Waals surface area contributed by atoms with Crippen LogP contribution < -0.4 is 35.1 Å². The molecule has 0 aliphatic rings. The molecular weight excluding hydrogens is 654 g/mol. The second kappa shape index (κ2) is 19.1. The molecule has 3 aromatic rings. The number of carbonyl (C=O) groups is 4. The number of benzene rings is 3. The van der Waals surface area contributed by atoms with Gasteiger partial charge in [-0.15, -0.1) is 0 Å². The molecule has 13 heteroatoms. The van der Waals surface area contributed by atoms with Gasteiger partial charge in [0.1, 0.15) is 22.8 Å². The molecule has 0 unspecified atom stereocenters. The number of hydrogen-bond donors (Lipinski definition) is 3. The van der Waals surface area contributed by atoms with Crippen LogP contribution in [0.25, 0.3) is 0 Å². The Bertz CT molecular complexity index is 1650. The molecule has 0 aliphatic heterocycles. The van der Waals surface area contributed by atoms with Crippen molar-refractivity contribution in [3.05, 3.63) is 77.4 Å². The third kappa shape index (κ3) is 12.7. The highest BCUT2D eigenvalue weighted by atomic mass is 16.6. The highest BCUT2D eigenvalue weighted by Gasteiger charge is 2.21. The maximum absolute atomic E-state index is 13.7. The molecule has 13 nitrogen and oxygen atoms in total. The Morgan fingerprint density at radius 3 is 2.16 bits per heavy atom. The summed E-state index contributed by atoms with van der Waals surface area (Å²) in [4.78, 5) is 53.6. The van der Waals surface area contributed by atoms with E-state index in [1.807, 2.05) is 25.1 Å². The second-order valence-electron chi connectivity index (χ2n) is 13.0. The number of carbonyl (C=O) groups excluding carboxylic acids is 4. The van der Waals surface area contributed by atoms with Gasteiger partial charge in [0.25, 0.3) is 11.8 Å². The van der Waals surface area contributed by atoms with E-state index < -0.39 is 17.6 Å². The summed E-state index contributed by atoms with van der Waals surface area (Å²) in [6.45, 7) is 8.89. The van der Waals surface area contributed by atoms with Gasteiger partial charge in [-0.25, -0.2) is 9.59 Å². The second-order valence-corrected chi connectivity index (χ2v) is 13.0. The van der Waals surface area contributed by atoms with E-state index >= 15 is 0 Å². The van der Waals surface area contributed by atoms with Gasteiger partial charge >= 0.3 is 12.1 Å². The number of rotatable bonds is 16. The van der Waals surface area contributed by atoms with E-state index in [0.29, 0.717) is 72.3 Å². The fourth-order valence-corrected chi connectivity index (χ4v) is 4.74. The fourth-order valence-electron chi connectivity index (χ4n) is 4.74. The van der Waals surface area contributed by atoms with Gasteiger partial charge in [-0.3, -0.25) is 9.59 Å². The molecule has 0 spiro atoms. The molecule has 0 saturated carbocycles. The molecule has 0 bridgehead atoms. The predicted octanol–water partition coefficient (Wildman–Crippen LogP) is 6.26. The Kier molecular flexibility index (Phi) is 14.9. The van der Waals surface area contributed by atoms with Crippen LogP contribution in [-0.2, 0) is 4.74 Å². The first-order chi connectivity index (χ1) is 24.2. The van der Waals surface area contributed by atoms with Gasteiger partial charge in [-0.05, 0) is 95.0 Å². The van der Waals surface area contributed by atoms with Crippen molar-refractivity contribution in [3.8, 4) is 17.2 Å². The van der Waals surface area contributed by atoms with Gasteiger partial charge in [-0.2, -0.15) is 0 Å². The van der Waals surface area contributed by atoms with Crippen LogP contribution in [0.2, 0.25) is 0 Å². The van der Waals surface area contributed by atoms with Gasteiger partial charge in [0.15, 0.2) is 0 Å². The Balaban J connectivity index is 1.62. The summed E-state index contributed by atoms with van der Waals surface area (Å²) in [5.74, 6) is 0.529. The van der Waals surface area contributed by atoms with Crippen LogP contribution in [-0.4, -0.2) is 89.0 Å². The number of aryl methyl sites for hydroxylation is 1. The lowest BCUT2D eigenvalue weighted by molar-refractivity contribution is 0.0525. The monoisotopic (exact) mass is 705 g/mol. The Morgan fingerprint density at radius 2 is 1.45 bits per heavy atom. The van der Waals surface area contributed by atoms with Crippen molar-refractivity contribution >= 4 is 35.3 Å². The summed E-state index contributed by atoms with van der Waals surface area (Å²) in [5.41, 5.74) is 2.03. The number of unbranched alkanes of at least 4 members (excludes halogenated alkanes) is 1. The van der Waals surface area contributed by atoms with E-state index in [4.69, 9.17) is 18.9 Å². The number of para-hydroxylation sites is 1. The molecule has 0 atom stereocenters. The first-order valence-corrected chi connectivity index (χ1v) is 16.8. The molecule has 0 radical (unpaired) electrons. The minimum absolute atomic E-state index is 0.140. The molecule has 5 amide bonds. The maximum atomic E-state index is 13.7. The third-order valence-corrected chi connectivity index (χ3v) is 7.37. The lowest BCUT2D eigenvalue weighted by Crippen LogP contribution is -2.35. The molecule has 3 aromatic carbocycles. The lowest BCUT2D eigenvalue weighted by atomic mass is 10.1. The van der Waals surface area contributed by atoms with Crippen molar-refractivity contribution in [1.82, 2.24) is 15.5 Å². The zero-order valence-corrected chi connectivity index (χ0v) is 30.9. The van der Waals surface area contributed by atoms with Crippen LogP contribution in [0.1, 0.15) is 66.3 Å². The standard InChI is InChI=1S/C38H51N5O8/c1-26-16-19-30(33(24-26)50-22-12-11-20-39-36(46)42(5)6)43(7)35(45)27-17-18-29(32(25-27)48-8)41-34(44)28-14-9-10-15-31(28)49-23-13-21-40-37(47)51-38(2,3)4/h9-10,14-19,24-25H,11-13,20-23H2,1-8H3,(H,39,46)(H,40,47)(H,41,44). The first-order valence-electron chi connectivity index (χ1n) is 16.8. The summed E-state index contributed by atoms with van der Waals surface area (Å²) < 4.78 is 22.7. The molecule has 51 heavy (non-hydrogen) atoms. The number of alkyl carbamates (subject to hydrolysis) is 1. The average molecular weight is 706 g/mol. The topological polar surface area (TPSA) is 148 Å². The number of nitrogens with zero attached hydrogens (tertiary/aromatic N) is 2. The van der Waals surface area contributed by atoms with E-state index in [1.54, 1.807) is 84.4 Å². The normalized spacial score (nSPS) is 10.8. The van der Waals surface area contributed by atoms with E-state index in [9.17, 15) is 19.2 Å². The number of anilines is 2. The van der Waals surface area contributed by atoms with Crippen molar-refractivity contribution in [3.63, 3.8) is 0 Å². The van der Waals surface area contributed by atoms with E-state index in [-0.39, 0.29) is 18.5 Å². The zero-order chi connectivity index (χ0) is 37.6. The van der Waals surface area contributed by atoms with Gasteiger partial charge in [-0.1, -0.05) is 18.2 Å². The average Bonchev–Trinajstić information content (AvgIpc) is 3.08.